The molecule has 1 N–H and O–H groups in total. The molecule has 0 spiro atoms. The van der Waals surface area contributed by atoms with Crippen LogP contribution in [0.2, 0.25) is 15.1 Å². The molecule has 2 aromatic rings. The van der Waals surface area contributed by atoms with Crippen molar-refractivity contribution in [2.45, 2.75) is 4.90 Å². The first kappa shape index (κ1) is 15.9. The Morgan fingerprint density at radius 2 is 1.71 bits per heavy atom. The van der Waals surface area contributed by atoms with Crippen LogP contribution >= 0.6 is 34.8 Å². The van der Waals surface area contributed by atoms with E-state index >= 15 is 0 Å². The van der Waals surface area contributed by atoms with E-state index in [0.717, 1.165) is 0 Å². The third-order valence-corrected chi connectivity index (χ3v) is 4.78. The van der Waals surface area contributed by atoms with Crippen LogP contribution in [-0.4, -0.2) is 8.42 Å². The second-order valence-corrected chi connectivity index (χ2v) is 6.92. The molecule has 0 aliphatic carbocycles. The highest BCUT2D eigenvalue weighted by atomic mass is 35.5. The predicted molar refractivity (Wildman–Crippen MR) is 83.4 cm³/mol. The number of hydrogen-bond donors (Lipinski definition) is 1. The van der Waals surface area contributed by atoms with Crippen molar-refractivity contribution in [1.82, 2.24) is 0 Å². The molecule has 2 aromatic carbocycles. The molecule has 0 aliphatic rings. The number of benzene rings is 2. The summed E-state index contributed by atoms with van der Waals surface area (Å²) in [5.41, 5.74) is 0.348. The second kappa shape index (κ2) is 6.12. The first-order chi connectivity index (χ1) is 9.83. The number of nitriles is 1. The number of nitrogens with zero attached hydrogens (tertiary/aromatic N) is 1. The van der Waals surface area contributed by atoms with E-state index in [2.05, 4.69) is 4.72 Å². The molecule has 2 rings (SSSR count). The van der Waals surface area contributed by atoms with Gasteiger partial charge in [0, 0.05) is 5.02 Å². The lowest BCUT2D eigenvalue weighted by Crippen LogP contribution is -2.13. The fourth-order valence-electron chi connectivity index (χ4n) is 1.53. The molecule has 0 atom stereocenters. The molecule has 0 fully saturated rings. The number of nitrogens with one attached hydrogen (secondary N) is 1. The number of sulfonamides is 1. The first-order valence-corrected chi connectivity index (χ1v) is 8.13. The summed E-state index contributed by atoms with van der Waals surface area (Å²) in [6.45, 7) is 0. The summed E-state index contributed by atoms with van der Waals surface area (Å²) < 4.78 is 26.8. The van der Waals surface area contributed by atoms with Crippen molar-refractivity contribution in [2.24, 2.45) is 0 Å². The molecule has 108 valence electrons. The highest BCUT2D eigenvalue weighted by Gasteiger charge is 2.17. The van der Waals surface area contributed by atoms with Crippen LogP contribution in [-0.2, 0) is 10.0 Å². The van der Waals surface area contributed by atoms with Crippen LogP contribution in [0.15, 0.2) is 41.3 Å². The van der Waals surface area contributed by atoms with Crippen LogP contribution < -0.4 is 4.72 Å². The van der Waals surface area contributed by atoms with E-state index in [1.807, 2.05) is 6.07 Å². The van der Waals surface area contributed by atoms with Gasteiger partial charge < -0.3 is 0 Å². The molecule has 0 heterocycles. The molecule has 0 aliphatic heterocycles. The number of hydrogen-bond acceptors (Lipinski definition) is 3. The summed E-state index contributed by atoms with van der Waals surface area (Å²) in [5, 5.41) is 9.39. The van der Waals surface area contributed by atoms with Crippen LogP contribution in [0.1, 0.15) is 5.56 Å². The molecule has 4 nitrogen and oxygen atoms in total. The maximum absolute atomic E-state index is 12.3. The molecule has 0 unspecified atom stereocenters. The van der Waals surface area contributed by atoms with Gasteiger partial charge in [-0.2, -0.15) is 5.26 Å². The highest BCUT2D eigenvalue weighted by molar-refractivity contribution is 7.92. The first-order valence-electron chi connectivity index (χ1n) is 5.51. The van der Waals surface area contributed by atoms with Crippen molar-refractivity contribution in [3.05, 3.63) is 57.0 Å². The zero-order valence-electron chi connectivity index (χ0n) is 10.3. The standard InChI is InChI=1S/C13H7Cl3N2O2S/c14-9-2-4-11(15)13(5-9)18-21(19,20)10-3-1-8(7-17)12(16)6-10/h1-6,18H. The van der Waals surface area contributed by atoms with Gasteiger partial charge in [-0.1, -0.05) is 34.8 Å². The molecule has 0 amide bonds. The zero-order chi connectivity index (χ0) is 15.6. The van der Waals surface area contributed by atoms with Crippen LogP contribution in [0.3, 0.4) is 0 Å². The van der Waals surface area contributed by atoms with E-state index in [-0.39, 0.29) is 26.2 Å². The zero-order valence-corrected chi connectivity index (χ0v) is 13.4. The molecular formula is C13H7Cl3N2O2S. The van der Waals surface area contributed by atoms with Crippen LogP contribution in [0.25, 0.3) is 0 Å². The summed E-state index contributed by atoms with van der Waals surface area (Å²) in [6.07, 6.45) is 0. The van der Waals surface area contributed by atoms with Gasteiger partial charge in [0.25, 0.3) is 10.0 Å². The summed E-state index contributed by atoms with van der Waals surface area (Å²) in [4.78, 5) is -0.0810. The largest absolute Gasteiger partial charge is 0.278 e. The summed E-state index contributed by atoms with van der Waals surface area (Å²) in [7, 11) is -3.89. The van der Waals surface area contributed by atoms with Crippen molar-refractivity contribution < 1.29 is 8.42 Å². The predicted octanol–water partition coefficient (Wildman–Crippen LogP) is 4.32. The molecule has 0 radical (unpaired) electrons. The van der Waals surface area contributed by atoms with Crippen LogP contribution in [0.4, 0.5) is 5.69 Å². The Hall–Kier alpha value is -1.45. The van der Waals surface area contributed by atoms with E-state index in [1.165, 1.54) is 30.3 Å². The van der Waals surface area contributed by atoms with Gasteiger partial charge in [0.05, 0.1) is 26.2 Å². The summed E-state index contributed by atoms with van der Waals surface area (Å²) >= 11 is 17.6. The van der Waals surface area contributed by atoms with E-state index in [1.54, 1.807) is 6.07 Å². The average Bonchev–Trinajstić information content (AvgIpc) is 2.42. The minimum atomic E-state index is -3.89. The lowest BCUT2D eigenvalue weighted by Gasteiger charge is -2.10. The summed E-state index contributed by atoms with van der Waals surface area (Å²) in [5.74, 6) is 0. The number of halogens is 3. The monoisotopic (exact) mass is 360 g/mol. The Kier molecular flexibility index (Phi) is 4.64. The van der Waals surface area contributed by atoms with Gasteiger partial charge in [0.2, 0.25) is 0 Å². The Labute approximate surface area is 136 Å². The lowest BCUT2D eigenvalue weighted by atomic mass is 10.2. The van der Waals surface area contributed by atoms with Crippen molar-refractivity contribution in [1.29, 1.82) is 5.26 Å². The van der Waals surface area contributed by atoms with Gasteiger partial charge in [-0.3, -0.25) is 4.72 Å². The average molecular weight is 362 g/mol. The molecular weight excluding hydrogens is 355 g/mol. The van der Waals surface area contributed by atoms with E-state index in [4.69, 9.17) is 40.1 Å². The molecule has 21 heavy (non-hydrogen) atoms. The van der Waals surface area contributed by atoms with Gasteiger partial charge in [-0.15, -0.1) is 0 Å². The smallest absolute Gasteiger partial charge is 0.261 e. The van der Waals surface area contributed by atoms with E-state index in [0.29, 0.717) is 5.02 Å². The van der Waals surface area contributed by atoms with Crippen LogP contribution in [0, 0.1) is 11.3 Å². The van der Waals surface area contributed by atoms with E-state index in [9.17, 15) is 8.42 Å². The third kappa shape index (κ3) is 3.60. The second-order valence-electron chi connectivity index (χ2n) is 3.98. The minimum Gasteiger partial charge on any atom is -0.278 e. The highest BCUT2D eigenvalue weighted by Crippen LogP contribution is 2.28. The molecule has 0 saturated heterocycles. The van der Waals surface area contributed by atoms with Crippen molar-refractivity contribution in [2.75, 3.05) is 4.72 Å². The molecule has 0 aromatic heterocycles. The van der Waals surface area contributed by atoms with Crippen molar-refractivity contribution >= 4 is 50.5 Å². The van der Waals surface area contributed by atoms with Gasteiger partial charge in [0.15, 0.2) is 0 Å². The molecule has 0 saturated carbocycles. The van der Waals surface area contributed by atoms with Gasteiger partial charge >= 0.3 is 0 Å². The van der Waals surface area contributed by atoms with Gasteiger partial charge in [0.1, 0.15) is 6.07 Å². The topological polar surface area (TPSA) is 70.0 Å². The molecule has 0 bridgehead atoms. The normalized spacial score (nSPS) is 11.0. The van der Waals surface area contributed by atoms with Gasteiger partial charge in [-0.25, -0.2) is 8.42 Å². The fraction of sp³-hybridized carbons (Fsp3) is 0. The minimum absolute atomic E-state index is 0.0533. The van der Waals surface area contributed by atoms with Crippen molar-refractivity contribution in [3.8, 4) is 6.07 Å². The quantitative estimate of drug-likeness (QED) is 0.885. The maximum atomic E-state index is 12.3. The Morgan fingerprint density at radius 1 is 1.00 bits per heavy atom. The maximum Gasteiger partial charge on any atom is 0.261 e. The fourth-order valence-corrected chi connectivity index (χ4v) is 3.31. The number of anilines is 1. The molecule has 8 heteroatoms. The van der Waals surface area contributed by atoms with Crippen LogP contribution in [0.5, 0.6) is 0 Å². The van der Waals surface area contributed by atoms with E-state index < -0.39 is 10.0 Å². The lowest BCUT2D eigenvalue weighted by molar-refractivity contribution is 0.601. The van der Waals surface area contributed by atoms with Gasteiger partial charge in [-0.05, 0) is 36.4 Å². The Bertz CT molecular complexity index is 845. The Balaban J connectivity index is 2.41. The SMILES string of the molecule is N#Cc1ccc(S(=O)(=O)Nc2cc(Cl)ccc2Cl)cc1Cl. The summed E-state index contributed by atoms with van der Waals surface area (Å²) in [6, 6.07) is 10.1. The Morgan fingerprint density at radius 3 is 2.33 bits per heavy atom. The number of rotatable bonds is 3. The third-order valence-electron chi connectivity index (χ3n) is 2.54. The van der Waals surface area contributed by atoms with Crippen molar-refractivity contribution in [3.63, 3.8) is 0 Å².